The van der Waals surface area contributed by atoms with Gasteiger partial charge in [0.1, 0.15) is 0 Å². The van der Waals surface area contributed by atoms with Gasteiger partial charge in [-0.3, -0.25) is 14.1 Å². The maximum absolute atomic E-state index is 11.5. The van der Waals surface area contributed by atoms with Crippen LogP contribution in [0.15, 0.2) is 17.0 Å². The molecule has 92 valence electrons. The zero-order valence-electron chi connectivity index (χ0n) is 8.69. The molecule has 17 heavy (non-hydrogen) atoms. The highest BCUT2D eigenvalue weighted by molar-refractivity contribution is 8.01. The van der Waals surface area contributed by atoms with Crippen LogP contribution in [0.3, 0.4) is 0 Å². The minimum absolute atomic E-state index is 0.110. The lowest BCUT2D eigenvalue weighted by molar-refractivity contribution is -0.115. The summed E-state index contributed by atoms with van der Waals surface area (Å²) in [6.07, 6.45) is 0. The molecule has 0 spiro atoms. The van der Waals surface area contributed by atoms with Crippen molar-refractivity contribution in [2.75, 3.05) is 10.0 Å². The topological polar surface area (TPSA) is 78.4 Å². The van der Waals surface area contributed by atoms with Gasteiger partial charge in [0.15, 0.2) is 0 Å². The summed E-state index contributed by atoms with van der Waals surface area (Å²) in [5.41, 5.74) is 0.990. The highest BCUT2D eigenvalue weighted by atomic mass is 35.5. The van der Waals surface area contributed by atoms with Gasteiger partial charge in [0.25, 0.3) is 11.3 Å². The van der Waals surface area contributed by atoms with Crippen molar-refractivity contribution in [3.63, 3.8) is 0 Å². The second-order valence-electron chi connectivity index (χ2n) is 3.43. The van der Waals surface area contributed by atoms with Crippen LogP contribution in [0, 0.1) is 0 Å². The van der Waals surface area contributed by atoms with E-state index in [1.807, 2.05) is 0 Å². The highest BCUT2D eigenvalue weighted by Gasteiger charge is 2.26. The molecule has 0 saturated heterocycles. The fraction of sp³-hybridized carbons (Fsp3) is 0.222. The number of benzene rings is 1. The third-order valence-electron chi connectivity index (χ3n) is 2.17. The predicted molar refractivity (Wildman–Crippen MR) is 69.8 cm³/mol. The molecule has 0 saturated carbocycles. The van der Waals surface area contributed by atoms with Gasteiger partial charge in [-0.1, -0.05) is 11.6 Å². The smallest absolute Gasteiger partial charge is 0.259 e. The molecule has 3 N–H and O–H groups in total. The van der Waals surface area contributed by atoms with E-state index in [1.165, 1.54) is 11.8 Å². The SMILES string of the molecule is CC1Sc2c(cc(Cl)cc2NS(=O)O)NC1=O. The zero-order valence-corrected chi connectivity index (χ0v) is 11.1. The van der Waals surface area contributed by atoms with Gasteiger partial charge >= 0.3 is 0 Å². The summed E-state index contributed by atoms with van der Waals surface area (Å²) in [6, 6.07) is 3.16. The Balaban J connectivity index is 2.47. The summed E-state index contributed by atoms with van der Waals surface area (Å²) in [5.74, 6) is -0.110. The Morgan fingerprint density at radius 1 is 1.59 bits per heavy atom. The van der Waals surface area contributed by atoms with Crippen LogP contribution in [0.2, 0.25) is 5.02 Å². The molecule has 2 atom stereocenters. The van der Waals surface area contributed by atoms with E-state index in [0.29, 0.717) is 21.3 Å². The van der Waals surface area contributed by atoms with E-state index < -0.39 is 11.3 Å². The molecular formula is C9H9ClN2O3S2. The molecule has 1 heterocycles. The largest absolute Gasteiger partial charge is 0.324 e. The van der Waals surface area contributed by atoms with Gasteiger partial charge in [-0.05, 0) is 19.1 Å². The molecule has 1 aliphatic heterocycles. The van der Waals surface area contributed by atoms with Crippen LogP contribution in [0.5, 0.6) is 0 Å². The second kappa shape index (κ2) is 4.85. The number of fused-ring (bicyclic) bond motifs is 1. The number of rotatable bonds is 2. The lowest BCUT2D eigenvalue weighted by atomic mass is 10.2. The Morgan fingerprint density at radius 3 is 2.94 bits per heavy atom. The number of carbonyl (C=O) groups is 1. The van der Waals surface area contributed by atoms with Crippen LogP contribution in [-0.2, 0) is 16.1 Å². The molecule has 1 aliphatic rings. The maximum Gasteiger partial charge on any atom is 0.259 e. The third-order valence-corrected chi connectivity index (χ3v) is 4.03. The van der Waals surface area contributed by atoms with E-state index in [9.17, 15) is 9.00 Å². The molecule has 0 bridgehead atoms. The second-order valence-corrected chi connectivity index (χ2v) is 5.92. The quantitative estimate of drug-likeness (QED) is 0.731. The van der Waals surface area contributed by atoms with E-state index in [2.05, 4.69) is 10.0 Å². The standard InChI is InChI=1S/C9H9ClN2O3S2/c1-4-9(13)11-6-2-5(10)3-7(8(6)16-4)12-17(14)15/h2-4,12H,1H3,(H,11,13)(H,14,15). The van der Waals surface area contributed by atoms with Crippen molar-refractivity contribution in [2.45, 2.75) is 17.1 Å². The van der Waals surface area contributed by atoms with Crippen LogP contribution >= 0.6 is 23.4 Å². The highest BCUT2D eigenvalue weighted by Crippen LogP contribution is 2.42. The Bertz CT molecular complexity index is 509. The van der Waals surface area contributed by atoms with Crippen molar-refractivity contribution in [3.8, 4) is 0 Å². The number of amides is 1. The first-order chi connectivity index (χ1) is 7.97. The van der Waals surface area contributed by atoms with Gasteiger partial charge < -0.3 is 5.32 Å². The first kappa shape index (κ1) is 12.7. The zero-order chi connectivity index (χ0) is 12.6. The number of thioether (sulfide) groups is 1. The molecule has 0 aliphatic carbocycles. The summed E-state index contributed by atoms with van der Waals surface area (Å²) in [6.45, 7) is 1.76. The van der Waals surface area contributed by atoms with Crippen LogP contribution in [0.25, 0.3) is 0 Å². The van der Waals surface area contributed by atoms with E-state index in [0.717, 1.165) is 0 Å². The molecule has 8 heteroatoms. The summed E-state index contributed by atoms with van der Waals surface area (Å²) in [4.78, 5) is 12.2. The van der Waals surface area contributed by atoms with Crippen molar-refractivity contribution in [1.29, 1.82) is 0 Å². The Hall–Kier alpha value is -0.760. The van der Waals surface area contributed by atoms with E-state index in [-0.39, 0.29) is 11.2 Å². The monoisotopic (exact) mass is 292 g/mol. The predicted octanol–water partition coefficient (Wildman–Crippen LogP) is 2.32. The van der Waals surface area contributed by atoms with Gasteiger partial charge in [0.2, 0.25) is 5.91 Å². The first-order valence-corrected chi connectivity index (χ1v) is 7.02. The number of nitrogens with one attached hydrogen (secondary N) is 2. The molecule has 0 aromatic heterocycles. The van der Waals surface area contributed by atoms with Crippen molar-refractivity contribution in [3.05, 3.63) is 17.2 Å². The van der Waals surface area contributed by atoms with Gasteiger partial charge in [-0.2, -0.15) is 0 Å². The van der Waals surface area contributed by atoms with Crippen molar-refractivity contribution < 1.29 is 13.6 Å². The molecule has 1 aromatic carbocycles. The molecule has 2 rings (SSSR count). The number of halogens is 1. The molecule has 0 fully saturated rings. The fourth-order valence-corrected chi connectivity index (χ4v) is 3.07. The van der Waals surface area contributed by atoms with Crippen LogP contribution in [-0.4, -0.2) is 19.9 Å². The van der Waals surface area contributed by atoms with Crippen molar-refractivity contribution in [2.24, 2.45) is 0 Å². The molecule has 1 aromatic rings. The molecular weight excluding hydrogens is 284 g/mol. The van der Waals surface area contributed by atoms with Gasteiger partial charge in [-0.25, -0.2) is 4.21 Å². The van der Waals surface area contributed by atoms with E-state index in [1.54, 1.807) is 19.1 Å². The Morgan fingerprint density at radius 2 is 2.29 bits per heavy atom. The van der Waals surface area contributed by atoms with E-state index >= 15 is 0 Å². The molecule has 1 amide bonds. The molecule has 5 nitrogen and oxygen atoms in total. The Labute approximate surface area is 110 Å². The van der Waals surface area contributed by atoms with Gasteiger partial charge in [0, 0.05) is 5.02 Å². The summed E-state index contributed by atoms with van der Waals surface area (Å²) < 4.78 is 22.0. The lowest BCUT2D eigenvalue weighted by Crippen LogP contribution is -2.27. The number of hydrogen-bond donors (Lipinski definition) is 3. The summed E-state index contributed by atoms with van der Waals surface area (Å²) >= 11 is 5.01. The molecule has 2 unspecified atom stereocenters. The summed E-state index contributed by atoms with van der Waals surface area (Å²) in [7, 11) is 0. The minimum Gasteiger partial charge on any atom is -0.324 e. The van der Waals surface area contributed by atoms with Crippen molar-refractivity contribution in [1.82, 2.24) is 0 Å². The van der Waals surface area contributed by atoms with Crippen LogP contribution < -0.4 is 10.0 Å². The maximum atomic E-state index is 11.5. The normalized spacial score (nSPS) is 20.4. The number of hydrogen-bond acceptors (Lipinski definition) is 3. The minimum atomic E-state index is -2.18. The summed E-state index contributed by atoms with van der Waals surface area (Å²) in [5, 5.41) is 2.83. The average Bonchev–Trinajstić information content (AvgIpc) is 2.20. The lowest BCUT2D eigenvalue weighted by Gasteiger charge is -2.23. The number of anilines is 2. The molecule has 0 radical (unpaired) electrons. The average molecular weight is 293 g/mol. The Kier molecular flexibility index (Phi) is 3.62. The fourth-order valence-electron chi connectivity index (χ4n) is 1.45. The van der Waals surface area contributed by atoms with Crippen LogP contribution in [0.4, 0.5) is 11.4 Å². The van der Waals surface area contributed by atoms with E-state index in [4.69, 9.17) is 16.2 Å². The van der Waals surface area contributed by atoms with Crippen LogP contribution in [0.1, 0.15) is 6.92 Å². The van der Waals surface area contributed by atoms with Gasteiger partial charge in [-0.15, -0.1) is 11.8 Å². The first-order valence-electron chi connectivity index (χ1n) is 4.66. The third kappa shape index (κ3) is 2.74. The van der Waals surface area contributed by atoms with Crippen molar-refractivity contribution >= 4 is 51.9 Å². The number of carbonyl (C=O) groups excluding carboxylic acids is 1. The van der Waals surface area contributed by atoms with Gasteiger partial charge in [0.05, 0.1) is 21.5 Å².